The van der Waals surface area contributed by atoms with Gasteiger partial charge in [0, 0.05) is 16.2 Å². The Morgan fingerprint density at radius 3 is 2.74 bits per heavy atom. The Morgan fingerprint density at radius 2 is 1.95 bits per heavy atom. The molecule has 0 saturated heterocycles. The smallest absolute Gasteiger partial charge is 0.204 e. The van der Waals surface area contributed by atoms with Crippen molar-refractivity contribution in [3.63, 3.8) is 0 Å². The number of benzene rings is 1. The Labute approximate surface area is 116 Å². The summed E-state index contributed by atoms with van der Waals surface area (Å²) in [6.07, 6.45) is 0. The lowest BCUT2D eigenvalue weighted by Crippen LogP contribution is -1.96. The summed E-state index contributed by atoms with van der Waals surface area (Å²) in [6, 6.07) is 7.74. The summed E-state index contributed by atoms with van der Waals surface area (Å²) in [6.45, 7) is 0. The molecule has 3 heterocycles. The topological polar surface area (TPSA) is 56.0 Å². The molecule has 0 bridgehead atoms. The maximum absolute atomic E-state index is 6.22. The SMILES string of the molecule is Clc1nn2c(-c3cscn3)nnc2c2ccccc12. The highest BCUT2D eigenvalue weighted by Crippen LogP contribution is 2.26. The fraction of sp³-hybridized carbons (Fsp3) is 0. The zero-order valence-electron chi connectivity index (χ0n) is 9.49. The van der Waals surface area contributed by atoms with Gasteiger partial charge in [0.25, 0.3) is 0 Å². The van der Waals surface area contributed by atoms with Gasteiger partial charge in [-0.15, -0.1) is 21.5 Å². The van der Waals surface area contributed by atoms with Crippen LogP contribution in [0.15, 0.2) is 35.2 Å². The largest absolute Gasteiger partial charge is 0.241 e. The molecule has 0 aliphatic rings. The molecule has 92 valence electrons. The van der Waals surface area contributed by atoms with Gasteiger partial charge < -0.3 is 0 Å². The Bertz CT molecular complexity index is 884. The average Bonchev–Trinajstić information content (AvgIpc) is 3.07. The molecule has 4 aromatic rings. The lowest BCUT2D eigenvalue weighted by atomic mass is 10.2. The normalized spacial score (nSPS) is 11.4. The van der Waals surface area contributed by atoms with E-state index in [1.165, 1.54) is 11.3 Å². The van der Waals surface area contributed by atoms with Gasteiger partial charge in [0.2, 0.25) is 5.82 Å². The molecular weight excluding hydrogens is 282 g/mol. The summed E-state index contributed by atoms with van der Waals surface area (Å²) in [7, 11) is 0. The van der Waals surface area contributed by atoms with E-state index in [-0.39, 0.29) is 0 Å². The van der Waals surface area contributed by atoms with Crippen LogP contribution in [0.5, 0.6) is 0 Å². The first-order valence-corrected chi connectivity index (χ1v) is 6.85. The maximum Gasteiger partial charge on any atom is 0.204 e. The second kappa shape index (κ2) is 3.97. The van der Waals surface area contributed by atoms with E-state index in [1.54, 1.807) is 10.0 Å². The van der Waals surface area contributed by atoms with E-state index in [9.17, 15) is 0 Å². The molecule has 4 rings (SSSR count). The molecule has 19 heavy (non-hydrogen) atoms. The van der Waals surface area contributed by atoms with Crippen LogP contribution in [0.25, 0.3) is 27.9 Å². The molecule has 0 aliphatic carbocycles. The van der Waals surface area contributed by atoms with Crippen LogP contribution in [-0.2, 0) is 0 Å². The van der Waals surface area contributed by atoms with Crippen molar-refractivity contribution in [3.05, 3.63) is 40.3 Å². The van der Waals surface area contributed by atoms with Crippen LogP contribution in [0.1, 0.15) is 0 Å². The van der Waals surface area contributed by atoms with Crippen molar-refractivity contribution in [2.45, 2.75) is 0 Å². The highest BCUT2D eigenvalue weighted by Gasteiger charge is 2.15. The standard InChI is InChI=1S/C12H6ClN5S/c13-10-7-3-1-2-4-8(7)11-15-16-12(18(11)17-10)9-5-19-6-14-9/h1-6H. The lowest BCUT2D eigenvalue weighted by molar-refractivity contribution is 0.941. The Morgan fingerprint density at radius 1 is 1.11 bits per heavy atom. The van der Waals surface area contributed by atoms with Crippen molar-refractivity contribution in [2.24, 2.45) is 0 Å². The highest BCUT2D eigenvalue weighted by atomic mass is 35.5. The molecule has 0 fully saturated rings. The van der Waals surface area contributed by atoms with Crippen molar-refractivity contribution >= 4 is 39.4 Å². The van der Waals surface area contributed by atoms with Gasteiger partial charge in [0.15, 0.2) is 10.8 Å². The van der Waals surface area contributed by atoms with E-state index in [1.807, 2.05) is 29.6 Å². The predicted octanol–water partition coefficient (Wildman–Crippen LogP) is 3.05. The maximum atomic E-state index is 6.22. The first-order valence-electron chi connectivity index (χ1n) is 5.53. The quantitative estimate of drug-likeness (QED) is 0.540. The molecule has 7 heteroatoms. The van der Waals surface area contributed by atoms with Gasteiger partial charge in [0.1, 0.15) is 5.69 Å². The van der Waals surface area contributed by atoms with Gasteiger partial charge in [-0.05, 0) is 0 Å². The van der Waals surface area contributed by atoms with Gasteiger partial charge >= 0.3 is 0 Å². The number of halogens is 1. The first kappa shape index (κ1) is 10.8. The molecule has 1 aromatic carbocycles. The number of thiazole rings is 1. The van der Waals surface area contributed by atoms with E-state index in [4.69, 9.17) is 11.6 Å². The highest BCUT2D eigenvalue weighted by molar-refractivity contribution is 7.07. The van der Waals surface area contributed by atoms with Crippen molar-refractivity contribution in [1.82, 2.24) is 24.8 Å². The molecule has 5 nitrogen and oxygen atoms in total. The number of hydrogen-bond donors (Lipinski definition) is 0. The van der Waals surface area contributed by atoms with E-state index >= 15 is 0 Å². The predicted molar refractivity (Wildman–Crippen MR) is 74.4 cm³/mol. The summed E-state index contributed by atoms with van der Waals surface area (Å²) in [5, 5.41) is 16.8. The van der Waals surface area contributed by atoms with E-state index < -0.39 is 0 Å². The lowest BCUT2D eigenvalue weighted by Gasteiger charge is -2.02. The van der Waals surface area contributed by atoms with Crippen LogP contribution in [0.3, 0.4) is 0 Å². The molecule has 3 aromatic heterocycles. The van der Waals surface area contributed by atoms with Crippen molar-refractivity contribution < 1.29 is 0 Å². The fourth-order valence-corrected chi connectivity index (χ4v) is 2.80. The number of fused-ring (bicyclic) bond motifs is 3. The first-order chi connectivity index (χ1) is 9.34. The molecule has 0 spiro atoms. The van der Waals surface area contributed by atoms with E-state index in [0.29, 0.717) is 16.6 Å². The molecule has 0 saturated carbocycles. The van der Waals surface area contributed by atoms with Crippen molar-refractivity contribution in [2.75, 3.05) is 0 Å². The summed E-state index contributed by atoms with van der Waals surface area (Å²) in [5.41, 5.74) is 3.18. The second-order valence-corrected chi connectivity index (χ2v) is 5.05. The molecular formula is C12H6ClN5S. The fourth-order valence-electron chi connectivity index (χ4n) is 2.02. The van der Waals surface area contributed by atoms with Crippen LogP contribution in [0, 0.1) is 0 Å². The number of rotatable bonds is 1. The van der Waals surface area contributed by atoms with Crippen LogP contribution < -0.4 is 0 Å². The third-order valence-electron chi connectivity index (χ3n) is 2.88. The third kappa shape index (κ3) is 1.54. The Kier molecular flexibility index (Phi) is 2.27. The number of nitrogens with zero attached hydrogens (tertiary/aromatic N) is 5. The molecule has 0 N–H and O–H groups in total. The Balaban J connectivity index is 2.16. The molecule has 0 amide bonds. The van der Waals surface area contributed by atoms with Gasteiger partial charge in [-0.25, -0.2) is 4.98 Å². The number of hydrogen-bond acceptors (Lipinski definition) is 5. The Hall–Kier alpha value is -2.05. The van der Waals surface area contributed by atoms with Crippen molar-refractivity contribution in [1.29, 1.82) is 0 Å². The average molecular weight is 288 g/mol. The summed E-state index contributed by atoms with van der Waals surface area (Å²) in [4.78, 5) is 4.23. The van der Waals surface area contributed by atoms with Crippen LogP contribution >= 0.6 is 22.9 Å². The van der Waals surface area contributed by atoms with E-state index in [0.717, 1.165) is 16.5 Å². The van der Waals surface area contributed by atoms with Crippen LogP contribution in [0.2, 0.25) is 5.15 Å². The van der Waals surface area contributed by atoms with Crippen molar-refractivity contribution in [3.8, 4) is 11.5 Å². The van der Waals surface area contributed by atoms with Crippen LogP contribution in [-0.4, -0.2) is 24.8 Å². The van der Waals surface area contributed by atoms with Gasteiger partial charge in [-0.2, -0.15) is 9.61 Å². The summed E-state index contributed by atoms with van der Waals surface area (Å²) < 4.78 is 1.64. The minimum Gasteiger partial charge on any atom is -0.241 e. The van der Waals surface area contributed by atoms with Gasteiger partial charge in [-0.1, -0.05) is 35.9 Å². The molecule has 0 unspecified atom stereocenters. The zero-order valence-corrected chi connectivity index (χ0v) is 11.1. The zero-order chi connectivity index (χ0) is 12.8. The number of aromatic nitrogens is 5. The second-order valence-electron chi connectivity index (χ2n) is 3.97. The molecule has 0 aliphatic heterocycles. The van der Waals surface area contributed by atoms with Gasteiger partial charge in [0.05, 0.1) is 5.51 Å². The van der Waals surface area contributed by atoms with Crippen LogP contribution in [0.4, 0.5) is 0 Å². The molecule has 0 atom stereocenters. The summed E-state index contributed by atoms with van der Waals surface area (Å²) >= 11 is 7.72. The third-order valence-corrected chi connectivity index (χ3v) is 3.75. The molecule has 0 radical (unpaired) electrons. The minimum atomic E-state index is 0.430. The summed E-state index contributed by atoms with van der Waals surface area (Å²) in [5.74, 6) is 0.601. The minimum absolute atomic E-state index is 0.430. The van der Waals surface area contributed by atoms with Gasteiger partial charge in [-0.3, -0.25) is 0 Å². The monoisotopic (exact) mass is 287 g/mol. The van der Waals surface area contributed by atoms with E-state index in [2.05, 4.69) is 20.3 Å².